The molecule has 0 fully saturated rings. The summed E-state index contributed by atoms with van der Waals surface area (Å²) in [5.41, 5.74) is 9.83. The van der Waals surface area contributed by atoms with E-state index in [1.807, 2.05) is 13.0 Å². The van der Waals surface area contributed by atoms with Crippen LogP contribution in [0.25, 0.3) is 11.2 Å². The zero-order chi connectivity index (χ0) is 18.1. The molecule has 3 heterocycles. The zero-order valence-corrected chi connectivity index (χ0v) is 15.2. The molecule has 0 saturated carbocycles. The van der Waals surface area contributed by atoms with Crippen LogP contribution in [0.2, 0.25) is 0 Å². The van der Waals surface area contributed by atoms with Crippen LogP contribution >= 0.6 is 0 Å². The fraction of sp³-hybridized carbons (Fsp3) is 0.421. The summed E-state index contributed by atoms with van der Waals surface area (Å²) in [6.45, 7) is 3.19. The second kappa shape index (κ2) is 6.82. The maximum Gasteiger partial charge on any atom is 0.320 e. The van der Waals surface area contributed by atoms with Crippen molar-refractivity contribution in [2.45, 2.75) is 39.2 Å². The van der Waals surface area contributed by atoms with Crippen LogP contribution in [0.3, 0.4) is 0 Å². The van der Waals surface area contributed by atoms with Crippen LogP contribution in [0.4, 0.5) is 5.82 Å². The normalized spacial score (nSPS) is 14.8. The molecule has 2 N–H and O–H groups in total. The van der Waals surface area contributed by atoms with E-state index in [1.165, 1.54) is 11.1 Å². The van der Waals surface area contributed by atoms with E-state index in [2.05, 4.69) is 31.7 Å². The van der Waals surface area contributed by atoms with E-state index in [0.717, 1.165) is 37.3 Å². The molecule has 4 bridgehead atoms. The number of methoxy groups -OCH3 is 1. The standard InChI is InChI=1S/C19H23N5O2/c1-12-21-16-17(20)22-19-23-18(16)24(12)11-13-7-8-15(25-2)14(10-13)6-4-3-5-9-26-19/h7-8,10H,3-6,9,11H2,1-2H3,(H2,20,22,23). The number of nitrogens with zero attached hydrogens (tertiary/aromatic N) is 4. The van der Waals surface area contributed by atoms with E-state index in [9.17, 15) is 0 Å². The Labute approximate surface area is 152 Å². The third-order valence-corrected chi connectivity index (χ3v) is 4.80. The molecule has 2 aromatic heterocycles. The van der Waals surface area contributed by atoms with Gasteiger partial charge in [-0.2, -0.15) is 9.97 Å². The maximum atomic E-state index is 6.09. The molecule has 0 radical (unpaired) electrons. The first-order valence-corrected chi connectivity index (χ1v) is 8.94. The number of aromatic nitrogens is 4. The Balaban J connectivity index is 1.84. The minimum absolute atomic E-state index is 0.323. The third kappa shape index (κ3) is 3.05. The van der Waals surface area contributed by atoms with Crippen molar-refractivity contribution in [3.8, 4) is 11.8 Å². The summed E-state index contributed by atoms with van der Waals surface area (Å²) in [6.07, 6.45) is 4.09. The van der Waals surface area contributed by atoms with Gasteiger partial charge in [0.1, 0.15) is 11.6 Å². The minimum atomic E-state index is 0.323. The lowest BCUT2D eigenvalue weighted by Crippen LogP contribution is -2.08. The lowest BCUT2D eigenvalue weighted by Gasteiger charge is -2.13. The largest absolute Gasteiger partial charge is 0.496 e. The Bertz CT molecular complexity index is 951. The van der Waals surface area contributed by atoms with Gasteiger partial charge in [0, 0.05) is 0 Å². The molecule has 1 aliphatic rings. The highest BCUT2D eigenvalue weighted by Crippen LogP contribution is 2.26. The van der Waals surface area contributed by atoms with Crippen molar-refractivity contribution < 1.29 is 9.47 Å². The van der Waals surface area contributed by atoms with Gasteiger partial charge in [-0.3, -0.25) is 0 Å². The fourth-order valence-electron chi connectivity index (χ4n) is 3.43. The molecular formula is C19H23N5O2. The van der Waals surface area contributed by atoms with Gasteiger partial charge >= 0.3 is 6.01 Å². The first kappa shape index (κ1) is 16.6. The van der Waals surface area contributed by atoms with Crippen molar-refractivity contribution >= 4 is 17.0 Å². The fourth-order valence-corrected chi connectivity index (χ4v) is 3.43. The number of ether oxygens (including phenoxy) is 2. The van der Waals surface area contributed by atoms with E-state index >= 15 is 0 Å². The number of nitrogens with two attached hydrogens (primary N) is 1. The molecule has 0 aliphatic carbocycles. The summed E-state index contributed by atoms with van der Waals surface area (Å²) in [4.78, 5) is 13.4. The number of nitrogen functional groups attached to an aromatic ring is 1. The highest BCUT2D eigenvalue weighted by atomic mass is 16.5. The van der Waals surface area contributed by atoms with Crippen LogP contribution in [0.5, 0.6) is 11.8 Å². The van der Waals surface area contributed by atoms with Gasteiger partial charge in [-0.15, -0.1) is 0 Å². The Morgan fingerprint density at radius 2 is 2.04 bits per heavy atom. The number of anilines is 1. The Morgan fingerprint density at radius 3 is 2.88 bits per heavy atom. The molecule has 7 heteroatoms. The second-order valence-corrected chi connectivity index (χ2v) is 6.61. The number of benzene rings is 1. The molecule has 0 amide bonds. The molecule has 1 aromatic carbocycles. The number of aryl methyl sites for hydroxylation is 2. The molecule has 7 nitrogen and oxygen atoms in total. The average Bonchev–Trinajstić information content (AvgIpc) is 2.94. The smallest absolute Gasteiger partial charge is 0.320 e. The maximum absolute atomic E-state index is 6.09. The van der Waals surface area contributed by atoms with Gasteiger partial charge in [0.05, 0.1) is 20.3 Å². The van der Waals surface area contributed by atoms with Crippen LogP contribution in [-0.4, -0.2) is 33.2 Å². The van der Waals surface area contributed by atoms with E-state index in [4.69, 9.17) is 15.2 Å². The number of rotatable bonds is 1. The molecular weight excluding hydrogens is 330 g/mol. The first-order chi connectivity index (χ1) is 12.7. The van der Waals surface area contributed by atoms with Gasteiger partial charge in [-0.05, 0) is 49.8 Å². The van der Waals surface area contributed by atoms with E-state index in [-0.39, 0.29) is 0 Å². The summed E-state index contributed by atoms with van der Waals surface area (Å²) >= 11 is 0. The number of hydrogen-bond donors (Lipinski definition) is 1. The van der Waals surface area contributed by atoms with Gasteiger partial charge in [-0.25, -0.2) is 4.98 Å². The van der Waals surface area contributed by atoms with Crippen LogP contribution < -0.4 is 15.2 Å². The minimum Gasteiger partial charge on any atom is -0.496 e. The van der Waals surface area contributed by atoms with Crippen LogP contribution in [0, 0.1) is 6.92 Å². The number of imidazole rings is 1. The summed E-state index contributed by atoms with van der Waals surface area (Å²) in [7, 11) is 1.72. The molecule has 0 spiro atoms. The average molecular weight is 353 g/mol. The van der Waals surface area contributed by atoms with Gasteiger partial charge < -0.3 is 19.8 Å². The molecule has 1 aliphatic heterocycles. The molecule has 3 aromatic rings. The van der Waals surface area contributed by atoms with Gasteiger partial charge in [0.2, 0.25) is 0 Å². The van der Waals surface area contributed by atoms with Gasteiger partial charge in [0.25, 0.3) is 0 Å². The van der Waals surface area contributed by atoms with Crippen molar-refractivity contribution in [3.05, 3.63) is 35.2 Å². The predicted octanol–water partition coefficient (Wildman–Crippen LogP) is 2.88. The van der Waals surface area contributed by atoms with Gasteiger partial charge in [0.15, 0.2) is 17.0 Å². The zero-order valence-electron chi connectivity index (χ0n) is 15.2. The molecule has 136 valence electrons. The monoisotopic (exact) mass is 353 g/mol. The van der Waals surface area contributed by atoms with E-state index in [1.54, 1.807) is 7.11 Å². The molecule has 0 unspecified atom stereocenters. The van der Waals surface area contributed by atoms with Crippen molar-refractivity contribution in [2.75, 3.05) is 19.5 Å². The highest BCUT2D eigenvalue weighted by Gasteiger charge is 2.16. The van der Waals surface area contributed by atoms with Crippen molar-refractivity contribution in [3.63, 3.8) is 0 Å². The van der Waals surface area contributed by atoms with E-state index in [0.29, 0.717) is 36.1 Å². The Kier molecular flexibility index (Phi) is 4.36. The quantitative estimate of drug-likeness (QED) is 0.724. The summed E-state index contributed by atoms with van der Waals surface area (Å²) in [5.74, 6) is 2.15. The Hall–Kier alpha value is -2.83. The molecule has 0 atom stereocenters. The first-order valence-electron chi connectivity index (χ1n) is 8.94. The van der Waals surface area contributed by atoms with Crippen LogP contribution in [0.15, 0.2) is 18.2 Å². The predicted molar refractivity (Wildman–Crippen MR) is 99.6 cm³/mol. The lowest BCUT2D eigenvalue weighted by atomic mass is 10.0. The highest BCUT2D eigenvalue weighted by molar-refractivity contribution is 5.82. The summed E-state index contributed by atoms with van der Waals surface area (Å²) < 4.78 is 13.3. The van der Waals surface area contributed by atoms with E-state index < -0.39 is 0 Å². The summed E-state index contributed by atoms with van der Waals surface area (Å²) in [5, 5.41) is 0. The topological polar surface area (TPSA) is 88.1 Å². The van der Waals surface area contributed by atoms with Crippen molar-refractivity contribution in [2.24, 2.45) is 0 Å². The SMILES string of the molecule is COc1ccc2cc1CCCCCOc1nc(N)c3nc(C)n(c3n1)C2. The number of hydrogen-bond acceptors (Lipinski definition) is 6. The van der Waals surface area contributed by atoms with Gasteiger partial charge in [-0.1, -0.05) is 12.1 Å². The van der Waals surface area contributed by atoms with Crippen LogP contribution in [-0.2, 0) is 13.0 Å². The second-order valence-electron chi connectivity index (χ2n) is 6.61. The van der Waals surface area contributed by atoms with Crippen molar-refractivity contribution in [1.82, 2.24) is 19.5 Å². The Morgan fingerprint density at radius 1 is 1.15 bits per heavy atom. The number of fused-ring (bicyclic) bond motifs is 3. The molecule has 0 saturated heterocycles. The van der Waals surface area contributed by atoms with Crippen molar-refractivity contribution in [1.29, 1.82) is 0 Å². The molecule has 4 rings (SSSR count). The molecule has 26 heavy (non-hydrogen) atoms. The third-order valence-electron chi connectivity index (χ3n) is 4.80. The lowest BCUT2D eigenvalue weighted by molar-refractivity contribution is 0.283. The summed E-state index contributed by atoms with van der Waals surface area (Å²) in [6, 6.07) is 6.67. The van der Waals surface area contributed by atoms with Crippen LogP contribution in [0.1, 0.15) is 36.2 Å².